The lowest BCUT2D eigenvalue weighted by Crippen LogP contribution is -2.42. The number of hydrogen-bond donors (Lipinski definition) is 3. The molecule has 5 heteroatoms. The van der Waals surface area contributed by atoms with Gasteiger partial charge in [0, 0.05) is 13.2 Å². The minimum absolute atomic E-state index is 0.0144. The normalized spacial score (nSPS) is 36.0. The Hall–Kier alpha value is -1.36. The molecule has 3 N–H and O–H groups in total. The first-order valence-corrected chi connectivity index (χ1v) is 7.36. The van der Waals surface area contributed by atoms with E-state index in [9.17, 15) is 14.7 Å². The quantitative estimate of drug-likeness (QED) is 0.627. The minimum Gasteiger partial charge on any atom is -0.481 e. The highest BCUT2D eigenvalue weighted by atomic mass is 16.4. The first-order valence-electron chi connectivity index (χ1n) is 7.36. The van der Waals surface area contributed by atoms with Gasteiger partial charge in [-0.25, -0.2) is 0 Å². The molecule has 4 atom stereocenters. The number of carboxylic acids is 1. The Kier molecular flexibility index (Phi) is 3.32. The summed E-state index contributed by atoms with van der Waals surface area (Å²) in [7, 11) is 0. The summed E-state index contributed by atoms with van der Waals surface area (Å²) in [4.78, 5) is 23.7. The zero-order valence-corrected chi connectivity index (χ0v) is 11.4. The molecule has 2 saturated carbocycles. The van der Waals surface area contributed by atoms with Gasteiger partial charge in [-0.1, -0.05) is 12.2 Å². The van der Waals surface area contributed by atoms with Crippen LogP contribution < -0.4 is 5.32 Å². The van der Waals surface area contributed by atoms with E-state index in [0.29, 0.717) is 13.0 Å². The van der Waals surface area contributed by atoms with Gasteiger partial charge >= 0.3 is 5.97 Å². The Bertz CT molecular complexity index is 455. The molecule has 0 heterocycles. The van der Waals surface area contributed by atoms with Crippen molar-refractivity contribution in [3.63, 3.8) is 0 Å². The largest absolute Gasteiger partial charge is 0.481 e. The van der Waals surface area contributed by atoms with Gasteiger partial charge in [-0.3, -0.25) is 9.59 Å². The maximum Gasteiger partial charge on any atom is 0.307 e. The zero-order valence-electron chi connectivity index (χ0n) is 11.4. The van der Waals surface area contributed by atoms with Crippen LogP contribution in [0.2, 0.25) is 0 Å². The molecule has 3 rings (SSSR count). The maximum absolute atomic E-state index is 12.4. The minimum atomic E-state index is -0.863. The summed E-state index contributed by atoms with van der Waals surface area (Å²) in [6.07, 6.45) is 7.51. The number of rotatable bonds is 6. The van der Waals surface area contributed by atoms with E-state index in [4.69, 9.17) is 5.11 Å². The van der Waals surface area contributed by atoms with Gasteiger partial charge in [-0.2, -0.15) is 0 Å². The Morgan fingerprint density at radius 2 is 1.85 bits per heavy atom. The van der Waals surface area contributed by atoms with Crippen LogP contribution in [0.15, 0.2) is 12.2 Å². The van der Waals surface area contributed by atoms with Crippen LogP contribution in [-0.2, 0) is 9.59 Å². The fourth-order valence-electron chi connectivity index (χ4n) is 3.84. The smallest absolute Gasteiger partial charge is 0.307 e. The molecule has 0 spiro atoms. The third-order valence-electron chi connectivity index (χ3n) is 5.28. The average Bonchev–Trinajstić information content (AvgIpc) is 2.87. The molecule has 2 bridgehead atoms. The molecule has 4 unspecified atom stereocenters. The summed E-state index contributed by atoms with van der Waals surface area (Å²) in [5.41, 5.74) is 0.0661. The summed E-state index contributed by atoms with van der Waals surface area (Å²) in [6, 6.07) is 0. The monoisotopic (exact) mass is 279 g/mol. The molecular weight excluding hydrogens is 258 g/mol. The van der Waals surface area contributed by atoms with Crippen molar-refractivity contribution in [3.8, 4) is 0 Å². The number of fused-ring (bicyclic) bond motifs is 2. The molecule has 20 heavy (non-hydrogen) atoms. The fourth-order valence-corrected chi connectivity index (χ4v) is 3.84. The summed E-state index contributed by atoms with van der Waals surface area (Å²) in [6.45, 7) is 0.709. The number of aliphatic hydroxyl groups is 1. The van der Waals surface area contributed by atoms with Gasteiger partial charge < -0.3 is 15.5 Å². The van der Waals surface area contributed by atoms with Gasteiger partial charge in [-0.05, 0) is 42.9 Å². The predicted octanol–water partition coefficient (Wildman–Crippen LogP) is 0.788. The van der Waals surface area contributed by atoms with Gasteiger partial charge in [0.05, 0.1) is 11.8 Å². The van der Waals surface area contributed by atoms with E-state index in [1.165, 1.54) is 0 Å². The fraction of sp³-hybridized carbons (Fsp3) is 0.733. The molecule has 0 aromatic rings. The van der Waals surface area contributed by atoms with Crippen LogP contribution in [0.1, 0.15) is 25.7 Å². The molecule has 0 saturated heterocycles. The second-order valence-corrected chi connectivity index (χ2v) is 6.53. The summed E-state index contributed by atoms with van der Waals surface area (Å²) >= 11 is 0. The van der Waals surface area contributed by atoms with Crippen molar-refractivity contribution in [2.24, 2.45) is 29.1 Å². The maximum atomic E-state index is 12.4. The molecule has 1 amide bonds. The van der Waals surface area contributed by atoms with Crippen LogP contribution in [0.4, 0.5) is 0 Å². The number of allylic oxidation sites excluding steroid dienone is 2. The SMILES string of the molecule is O=C(O)C1C2C=CC(C2)C1C(=O)NCC1(CCO)CC1. The van der Waals surface area contributed by atoms with Gasteiger partial charge in [0.15, 0.2) is 0 Å². The Labute approximate surface area is 118 Å². The Morgan fingerprint density at radius 1 is 1.20 bits per heavy atom. The van der Waals surface area contributed by atoms with Crippen molar-refractivity contribution >= 4 is 11.9 Å². The van der Waals surface area contributed by atoms with Crippen molar-refractivity contribution in [1.82, 2.24) is 5.32 Å². The van der Waals surface area contributed by atoms with E-state index < -0.39 is 17.8 Å². The molecule has 110 valence electrons. The van der Waals surface area contributed by atoms with Crippen molar-refractivity contribution in [2.75, 3.05) is 13.2 Å². The van der Waals surface area contributed by atoms with E-state index in [1.807, 2.05) is 12.2 Å². The summed E-state index contributed by atoms with van der Waals surface area (Å²) in [5, 5.41) is 21.3. The molecule has 0 radical (unpaired) electrons. The first kappa shape index (κ1) is 13.6. The second kappa shape index (κ2) is 4.88. The summed E-state index contributed by atoms with van der Waals surface area (Å²) < 4.78 is 0. The van der Waals surface area contributed by atoms with Gasteiger partial charge in [-0.15, -0.1) is 0 Å². The molecular formula is C15H21NO4. The highest BCUT2D eigenvalue weighted by Gasteiger charge is 2.52. The van der Waals surface area contributed by atoms with Crippen molar-refractivity contribution in [1.29, 1.82) is 0 Å². The van der Waals surface area contributed by atoms with E-state index in [-0.39, 0.29) is 29.8 Å². The van der Waals surface area contributed by atoms with Crippen LogP contribution in [0.25, 0.3) is 0 Å². The molecule has 0 aromatic carbocycles. The highest BCUT2D eigenvalue weighted by Crippen LogP contribution is 2.50. The molecule has 0 aromatic heterocycles. The van der Waals surface area contributed by atoms with E-state index >= 15 is 0 Å². The molecule has 3 aliphatic carbocycles. The van der Waals surface area contributed by atoms with Gasteiger partial charge in [0.1, 0.15) is 0 Å². The lowest BCUT2D eigenvalue weighted by Gasteiger charge is -2.25. The molecule has 2 fully saturated rings. The number of aliphatic carboxylic acids is 1. The zero-order chi connectivity index (χ0) is 14.3. The second-order valence-electron chi connectivity index (χ2n) is 6.53. The predicted molar refractivity (Wildman–Crippen MR) is 71.7 cm³/mol. The van der Waals surface area contributed by atoms with Crippen LogP contribution in [0.5, 0.6) is 0 Å². The molecule has 3 aliphatic rings. The lowest BCUT2D eigenvalue weighted by atomic mass is 9.82. The van der Waals surface area contributed by atoms with E-state index in [0.717, 1.165) is 19.3 Å². The Balaban J connectivity index is 1.62. The number of hydrogen-bond acceptors (Lipinski definition) is 3. The number of carbonyl (C=O) groups is 2. The number of nitrogens with one attached hydrogen (secondary N) is 1. The van der Waals surface area contributed by atoms with E-state index in [1.54, 1.807) is 0 Å². The lowest BCUT2D eigenvalue weighted by molar-refractivity contribution is -0.147. The van der Waals surface area contributed by atoms with Crippen molar-refractivity contribution in [2.45, 2.75) is 25.7 Å². The average molecular weight is 279 g/mol. The topological polar surface area (TPSA) is 86.6 Å². The highest BCUT2D eigenvalue weighted by molar-refractivity contribution is 5.86. The van der Waals surface area contributed by atoms with Crippen molar-refractivity contribution < 1.29 is 19.8 Å². The molecule has 5 nitrogen and oxygen atoms in total. The van der Waals surface area contributed by atoms with Gasteiger partial charge in [0.25, 0.3) is 0 Å². The van der Waals surface area contributed by atoms with Crippen LogP contribution in [0.3, 0.4) is 0 Å². The van der Waals surface area contributed by atoms with Crippen LogP contribution >= 0.6 is 0 Å². The first-order chi connectivity index (χ1) is 9.56. The number of amides is 1. The number of aliphatic hydroxyl groups excluding tert-OH is 1. The molecule has 0 aliphatic heterocycles. The van der Waals surface area contributed by atoms with Crippen LogP contribution in [-0.4, -0.2) is 35.2 Å². The van der Waals surface area contributed by atoms with E-state index in [2.05, 4.69) is 5.32 Å². The van der Waals surface area contributed by atoms with Gasteiger partial charge in [0.2, 0.25) is 5.91 Å². The Morgan fingerprint density at radius 3 is 2.40 bits per heavy atom. The third kappa shape index (κ3) is 2.24. The standard InChI is InChI=1S/C15H21NO4/c17-6-5-15(3-4-15)8-16-13(18)11-9-1-2-10(7-9)12(11)14(19)20/h1-2,9-12,17H,3-8H2,(H,16,18)(H,19,20). The number of carbonyl (C=O) groups excluding carboxylic acids is 1. The third-order valence-corrected chi connectivity index (χ3v) is 5.28. The van der Waals surface area contributed by atoms with Crippen LogP contribution in [0, 0.1) is 29.1 Å². The summed E-state index contributed by atoms with van der Waals surface area (Å²) in [5.74, 6) is -1.89. The van der Waals surface area contributed by atoms with Crippen molar-refractivity contribution in [3.05, 3.63) is 12.2 Å². The number of carboxylic acid groups (broad SMARTS) is 1.